The van der Waals surface area contributed by atoms with Crippen LogP contribution in [0.4, 0.5) is 0 Å². The number of nitrogens with zero attached hydrogens (tertiary/aromatic N) is 3. The van der Waals surface area contributed by atoms with Crippen LogP contribution in [-0.2, 0) is 0 Å². The van der Waals surface area contributed by atoms with Gasteiger partial charge in [0.1, 0.15) is 17.3 Å². The molecule has 0 saturated heterocycles. The van der Waals surface area contributed by atoms with Crippen molar-refractivity contribution < 1.29 is 4.74 Å². The van der Waals surface area contributed by atoms with E-state index in [0.717, 1.165) is 50.6 Å². The van der Waals surface area contributed by atoms with Crippen LogP contribution in [0.2, 0.25) is 0 Å². The van der Waals surface area contributed by atoms with Gasteiger partial charge in [-0.2, -0.15) is 0 Å². The van der Waals surface area contributed by atoms with E-state index in [2.05, 4.69) is 71.3 Å². The predicted octanol–water partition coefficient (Wildman–Crippen LogP) is 9.22. The maximum atomic E-state index is 5.94. The summed E-state index contributed by atoms with van der Waals surface area (Å²) in [7, 11) is 0. The van der Waals surface area contributed by atoms with Crippen molar-refractivity contribution in [2.75, 3.05) is 0 Å². The molecule has 1 aliphatic rings. The second-order valence-corrected chi connectivity index (χ2v) is 10.1. The van der Waals surface area contributed by atoms with Gasteiger partial charge in [0.25, 0.3) is 0 Å². The molecule has 0 N–H and O–H groups in total. The second kappa shape index (κ2) is 9.79. The number of para-hydroxylation sites is 3. The normalized spacial score (nSPS) is 14.2. The van der Waals surface area contributed by atoms with E-state index in [1.807, 2.05) is 42.5 Å². The van der Waals surface area contributed by atoms with Crippen molar-refractivity contribution >= 4 is 21.9 Å². The summed E-state index contributed by atoms with van der Waals surface area (Å²) in [6.07, 6.45) is 6.37. The number of hydrogen-bond acceptors (Lipinski definition) is 3. The molecule has 0 atom stereocenters. The Bertz CT molecular complexity index is 1710. The number of benzene rings is 4. The predicted molar refractivity (Wildman–Crippen MR) is 155 cm³/mol. The summed E-state index contributed by atoms with van der Waals surface area (Å²) in [5, 5.41) is 1.12. The van der Waals surface area contributed by atoms with E-state index in [1.165, 1.54) is 37.6 Å². The number of ether oxygens (including phenoxy) is 1. The number of imidazole rings is 1. The summed E-state index contributed by atoms with van der Waals surface area (Å²) in [4.78, 5) is 10.1. The number of pyridine rings is 1. The molecule has 0 aliphatic heterocycles. The summed E-state index contributed by atoms with van der Waals surface area (Å²) in [6.45, 7) is 0. The topological polar surface area (TPSA) is 39.9 Å². The molecule has 4 aromatic carbocycles. The molecule has 0 unspecified atom stereocenters. The average Bonchev–Trinajstić information content (AvgIpc) is 3.38. The summed E-state index contributed by atoms with van der Waals surface area (Å²) >= 11 is 0. The lowest BCUT2D eigenvalue weighted by Crippen LogP contribution is -2.13. The van der Waals surface area contributed by atoms with Crippen molar-refractivity contribution in [1.29, 1.82) is 0 Å². The van der Waals surface area contributed by atoms with Crippen molar-refractivity contribution in [2.45, 2.75) is 38.1 Å². The van der Waals surface area contributed by atoms with Gasteiger partial charge in [-0.25, -0.2) is 9.97 Å². The lowest BCUT2D eigenvalue weighted by atomic mass is 9.94. The highest BCUT2D eigenvalue weighted by Gasteiger charge is 2.22. The van der Waals surface area contributed by atoms with Crippen LogP contribution < -0.4 is 4.74 Å². The molecule has 2 aromatic heterocycles. The lowest BCUT2D eigenvalue weighted by molar-refractivity contribution is 0.362. The number of fused-ring (bicyclic) bond motifs is 2. The van der Waals surface area contributed by atoms with Crippen LogP contribution in [-0.4, -0.2) is 14.5 Å². The van der Waals surface area contributed by atoms with Gasteiger partial charge in [-0.1, -0.05) is 55.7 Å². The first kappa shape index (κ1) is 22.7. The van der Waals surface area contributed by atoms with Gasteiger partial charge >= 0.3 is 0 Å². The van der Waals surface area contributed by atoms with Crippen molar-refractivity contribution in [3.05, 3.63) is 109 Å². The summed E-state index contributed by atoms with van der Waals surface area (Å²) in [5.74, 6) is 2.71. The third kappa shape index (κ3) is 4.32. The average molecular weight is 496 g/mol. The fourth-order valence-electron chi connectivity index (χ4n) is 5.70. The SMILES string of the molecule is c1ccc(Oc2ccc(-c3ccc4cc(-c5nc6ccccc6n5C5CCCCC5)ccc4n3)cc2)cc1. The largest absolute Gasteiger partial charge is 0.457 e. The summed E-state index contributed by atoms with van der Waals surface area (Å²) < 4.78 is 8.44. The van der Waals surface area contributed by atoms with Crippen LogP contribution in [0.5, 0.6) is 11.5 Å². The van der Waals surface area contributed by atoms with Gasteiger partial charge < -0.3 is 9.30 Å². The van der Waals surface area contributed by atoms with Crippen LogP contribution in [0.1, 0.15) is 38.1 Å². The Morgan fingerprint density at radius 1 is 0.605 bits per heavy atom. The van der Waals surface area contributed by atoms with Crippen LogP contribution >= 0.6 is 0 Å². The molecule has 1 aliphatic carbocycles. The van der Waals surface area contributed by atoms with Crippen molar-refractivity contribution in [3.63, 3.8) is 0 Å². The molecule has 2 heterocycles. The molecule has 0 spiro atoms. The van der Waals surface area contributed by atoms with Gasteiger partial charge in [0.05, 0.1) is 22.2 Å². The second-order valence-electron chi connectivity index (χ2n) is 10.1. The Labute approximate surface area is 222 Å². The van der Waals surface area contributed by atoms with Gasteiger partial charge in [0.15, 0.2) is 0 Å². The molecule has 1 fully saturated rings. The molecular formula is C34H29N3O. The number of hydrogen-bond donors (Lipinski definition) is 0. The van der Waals surface area contributed by atoms with Crippen molar-refractivity contribution in [2.24, 2.45) is 0 Å². The molecule has 4 heteroatoms. The van der Waals surface area contributed by atoms with E-state index in [0.29, 0.717) is 6.04 Å². The minimum absolute atomic E-state index is 0.510. The Morgan fingerprint density at radius 3 is 2.18 bits per heavy atom. The Hall–Kier alpha value is -4.44. The Balaban J connectivity index is 1.21. The fraction of sp³-hybridized carbons (Fsp3) is 0.176. The number of rotatable bonds is 5. The van der Waals surface area contributed by atoms with E-state index in [-0.39, 0.29) is 0 Å². The zero-order valence-electron chi connectivity index (χ0n) is 21.3. The molecule has 0 bridgehead atoms. The third-order valence-electron chi connectivity index (χ3n) is 7.61. The monoisotopic (exact) mass is 495 g/mol. The van der Waals surface area contributed by atoms with Crippen LogP contribution in [0, 0.1) is 0 Å². The van der Waals surface area contributed by atoms with E-state index < -0.39 is 0 Å². The van der Waals surface area contributed by atoms with Crippen LogP contribution in [0.25, 0.3) is 44.6 Å². The highest BCUT2D eigenvalue weighted by atomic mass is 16.5. The molecule has 186 valence electrons. The molecule has 6 aromatic rings. The highest BCUT2D eigenvalue weighted by molar-refractivity contribution is 5.88. The fourth-order valence-corrected chi connectivity index (χ4v) is 5.70. The molecule has 0 amide bonds. The lowest BCUT2D eigenvalue weighted by Gasteiger charge is -2.25. The van der Waals surface area contributed by atoms with E-state index in [1.54, 1.807) is 0 Å². The van der Waals surface area contributed by atoms with Crippen LogP contribution in [0.15, 0.2) is 109 Å². The maximum absolute atomic E-state index is 5.94. The molecule has 0 radical (unpaired) electrons. The first-order chi connectivity index (χ1) is 18.8. The highest BCUT2D eigenvalue weighted by Crippen LogP contribution is 2.36. The Kier molecular flexibility index (Phi) is 5.86. The number of aromatic nitrogens is 3. The van der Waals surface area contributed by atoms with E-state index in [4.69, 9.17) is 14.7 Å². The smallest absolute Gasteiger partial charge is 0.141 e. The maximum Gasteiger partial charge on any atom is 0.141 e. The quantitative estimate of drug-likeness (QED) is 0.239. The summed E-state index contributed by atoms with van der Waals surface area (Å²) in [5.41, 5.74) is 6.46. The molecule has 1 saturated carbocycles. The molecule has 7 rings (SSSR count). The molecular weight excluding hydrogens is 466 g/mol. The van der Waals surface area contributed by atoms with Gasteiger partial charge in [-0.3, -0.25) is 0 Å². The first-order valence-electron chi connectivity index (χ1n) is 13.5. The standard InChI is InChI=1S/C34H29N3O/c1-3-9-27(10-4-1)37-33-14-8-7-13-32(33)36-34(37)26-18-22-31-25(23-26)17-21-30(35-31)24-15-19-29(20-16-24)38-28-11-5-2-6-12-28/h2,5-8,11-23,27H,1,3-4,9-10H2. The zero-order valence-corrected chi connectivity index (χ0v) is 21.3. The van der Waals surface area contributed by atoms with Crippen molar-refractivity contribution in [3.8, 4) is 34.1 Å². The van der Waals surface area contributed by atoms with Crippen LogP contribution in [0.3, 0.4) is 0 Å². The first-order valence-corrected chi connectivity index (χ1v) is 13.5. The Morgan fingerprint density at radius 2 is 1.34 bits per heavy atom. The zero-order chi connectivity index (χ0) is 25.3. The minimum Gasteiger partial charge on any atom is -0.457 e. The van der Waals surface area contributed by atoms with Gasteiger partial charge in [0, 0.05) is 22.6 Å². The van der Waals surface area contributed by atoms with Gasteiger partial charge in [-0.15, -0.1) is 0 Å². The van der Waals surface area contributed by atoms with E-state index >= 15 is 0 Å². The molecule has 38 heavy (non-hydrogen) atoms. The van der Waals surface area contributed by atoms with Crippen molar-refractivity contribution in [1.82, 2.24) is 14.5 Å². The van der Waals surface area contributed by atoms with Gasteiger partial charge in [0.2, 0.25) is 0 Å². The van der Waals surface area contributed by atoms with Gasteiger partial charge in [-0.05, 0) is 85.6 Å². The van der Waals surface area contributed by atoms with E-state index in [9.17, 15) is 0 Å². The third-order valence-corrected chi connectivity index (χ3v) is 7.61. The minimum atomic E-state index is 0.510. The molecule has 4 nitrogen and oxygen atoms in total. The summed E-state index contributed by atoms with van der Waals surface area (Å²) in [6, 6.07) is 37.8.